The molecule has 1 aliphatic heterocycles. The first-order chi connectivity index (χ1) is 18.4. The second-order valence-electron chi connectivity index (χ2n) is 11.1. The van der Waals surface area contributed by atoms with Gasteiger partial charge in [0.2, 0.25) is 5.91 Å². The summed E-state index contributed by atoms with van der Waals surface area (Å²) in [5.41, 5.74) is 2.36. The molecule has 6 nitrogen and oxygen atoms in total. The van der Waals surface area contributed by atoms with Crippen LogP contribution in [0.5, 0.6) is 11.5 Å². The Morgan fingerprint density at radius 3 is 2.55 bits per heavy atom. The number of rotatable bonds is 15. The molecule has 1 N–H and O–H groups in total. The summed E-state index contributed by atoms with van der Waals surface area (Å²) in [6, 6.07) is 4.07. The first-order valence-electron chi connectivity index (χ1n) is 14.8. The second kappa shape index (κ2) is 15.3. The number of carbonyl (C=O) groups is 2. The predicted molar refractivity (Wildman–Crippen MR) is 152 cm³/mol. The van der Waals surface area contributed by atoms with Gasteiger partial charge in [-0.2, -0.15) is 0 Å². The van der Waals surface area contributed by atoms with Crippen LogP contribution < -0.4 is 9.47 Å². The third-order valence-corrected chi connectivity index (χ3v) is 8.50. The van der Waals surface area contributed by atoms with Gasteiger partial charge in [-0.3, -0.25) is 9.59 Å². The van der Waals surface area contributed by atoms with Crippen LogP contribution in [0.15, 0.2) is 24.3 Å². The third kappa shape index (κ3) is 8.08. The molecule has 0 radical (unpaired) electrons. The lowest BCUT2D eigenvalue weighted by Gasteiger charge is -2.36. The van der Waals surface area contributed by atoms with E-state index < -0.39 is 6.10 Å². The van der Waals surface area contributed by atoms with Crippen LogP contribution in [0, 0.1) is 11.8 Å². The highest BCUT2D eigenvalue weighted by Crippen LogP contribution is 2.38. The maximum Gasteiger partial charge on any atom is 0.223 e. The molecule has 0 saturated heterocycles. The topological polar surface area (TPSA) is 76.1 Å². The van der Waals surface area contributed by atoms with E-state index in [2.05, 4.69) is 19.9 Å². The number of ketones is 1. The largest absolute Gasteiger partial charge is 0.493 e. The van der Waals surface area contributed by atoms with Crippen molar-refractivity contribution in [2.24, 2.45) is 11.8 Å². The lowest BCUT2D eigenvalue weighted by atomic mass is 9.89. The molecule has 1 aromatic rings. The van der Waals surface area contributed by atoms with E-state index in [-0.39, 0.29) is 23.8 Å². The highest BCUT2D eigenvalue weighted by molar-refractivity contribution is 5.83. The number of Topliss-reactive ketones (excluding diaryl/α,β-unsaturated/α-hetero) is 1. The number of hydrogen-bond donors (Lipinski definition) is 1. The van der Waals surface area contributed by atoms with Crippen LogP contribution in [-0.4, -0.2) is 48.6 Å². The molecule has 6 heteroatoms. The smallest absolute Gasteiger partial charge is 0.223 e. The maximum atomic E-state index is 13.0. The Balaban J connectivity index is 1.38. The van der Waals surface area contributed by atoms with Crippen LogP contribution in [0.25, 0.3) is 0 Å². The van der Waals surface area contributed by atoms with Gasteiger partial charge in [-0.15, -0.1) is 0 Å². The summed E-state index contributed by atoms with van der Waals surface area (Å²) in [5.74, 6) is 2.40. The van der Waals surface area contributed by atoms with Crippen LogP contribution in [0.3, 0.4) is 0 Å². The van der Waals surface area contributed by atoms with E-state index in [0.29, 0.717) is 24.4 Å². The number of benzene rings is 1. The number of allylic oxidation sites excluding steroid dienone is 1. The minimum atomic E-state index is -0.392. The van der Waals surface area contributed by atoms with E-state index in [0.717, 1.165) is 88.5 Å². The van der Waals surface area contributed by atoms with E-state index in [1.807, 2.05) is 23.1 Å². The fraction of sp³-hybridized carbons (Fsp3) is 0.688. The number of ether oxygens (including phenoxy) is 2. The Kier molecular flexibility index (Phi) is 12.2. The van der Waals surface area contributed by atoms with Gasteiger partial charge in [0.25, 0.3) is 0 Å². The van der Waals surface area contributed by atoms with E-state index in [1.54, 1.807) is 14.2 Å². The number of aliphatic hydroxyl groups excluding tert-OH is 1. The zero-order valence-electron chi connectivity index (χ0n) is 24.0. The molecule has 1 aromatic carbocycles. The SMILES string of the molecule is CCCCCC(O)C=CC1CCC(=O)C1CCCCCCC(=O)N1CCc2cc(OC)c(OC)cc2C1C. The van der Waals surface area contributed by atoms with Gasteiger partial charge in [-0.25, -0.2) is 0 Å². The lowest BCUT2D eigenvalue weighted by molar-refractivity contribution is -0.133. The van der Waals surface area contributed by atoms with Crippen molar-refractivity contribution in [3.05, 3.63) is 35.4 Å². The molecule has 212 valence electrons. The minimum Gasteiger partial charge on any atom is -0.493 e. The Labute approximate surface area is 229 Å². The Hall–Kier alpha value is -2.34. The highest BCUT2D eigenvalue weighted by Gasteiger charge is 2.32. The molecule has 1 aliphatic carbocycles. The fourth-order valence-corrected chi connectivity index (χ4v) is 6.13. The lowest BCUT2D eigenvalue weighted by Crippen LogP contribution is -2.38. The molecule has 0 bridgehead atoms. The van der Waals surface area contributed by atoms with Crippen molar-refractivity contribution in [2.75, 3.05) is 20.8 Å². The molecule has 1 heterocycles. The molecular weight excluding hydrogens is 478 g/mol. The van der Waals surface area contributed by atoms with Gasteiger partial charge in [0.05, 0.1) is 26.4 Å². The summed E-state index contributed by atoms with van der Waals surface area (Å²) in [4.78, 5) is 27.5. The Morgan fingerprint density at radius 1 is 1.08 bits per heavy atom. The molecule has 3 rings (SSSR count). The molecule has 38 heavy (non-hydrogen) atoms. The molecule has 4 atom stereocenters. The Bertz CT molecular complexity index is 942. The zero-order chi connectivity index (χ0) is 27.5. The standard InChI is InChI=1S/C32H49NO5/c1-5-6-9-12-26(34)17-15-24-16-18-29(35)27(24)13-10-7-8-11-14-32(36)33-20-19-25-21-30(37-3)31(38-4)22-28(25)23(33)2/h15,17,21-24,26-27,34H,5-14,16,18-20H2,1-4H3. The first kappa shape index (κ1) is 30.2. The molecule has 1 amide bonds. The number of carbonyl (C=O) groups excluding carboxylic acids is 2. The summed E-state index contributed by atoms with van der Waals surface area (Å²) in [6.45, 7) is 4.99. The number of methoxy groups -OCH3 is 2. The fourth-order valence-electron chi connectivity index (χ4n) is 6.13. The van der Waals surface area contributed by atoms with Crippen LogP contribution in [0.1, 0.15) is 108 Å². The first-order valence-corrected chi connectivity index (χ1v) is 14.8. The van der Waals surface area contributed by atoms with Crippen molar-refractivity contribution in [3.8, 4) is 11.5 Å². The number of nitrogens with zero attached hydrogens (tertiary/aromatic N) is 1. The van der Waals surface area contributed by atoms with Crippen molar-refractivity contribution in [2.45, 2.75) is 109 Å². The summed E-state index contributed by atoms with van der Waals surface area (Å²) >= 11 is 0. The summed E-state index contributed by atoms with van der Waals surface area (Å²) in [7, 11) is 3.29. The van der Waals surface area contributed by atoms with Gasteiger partial charge in [-0.1, -0.05) is 57.6 Å². The molecule has 1 saturated carbocycles. The second-order valence-corrected chi connectivity index (χ2v) is 11.1. The third-order valence-electron chi connectivity index (χ3n) is 8.50. The van der Waals surface area contributed by atoms with Gasteiger partial charge in [-0.05, 0) is 68.2 Å². The van der Waals surface area contributed by atoms with Crippen molar-refractivity contribution in [1.82, 2.24) is 4.90 Å². The predicted octanol–water partition coefficient (Wildman–Crippen LogP) is 6.58. The normalized spacial score (nSPS) is 22.1. The number of fused-ring (bicyclic) bond motifs is 1. The van der Waals surface area contributed by atoms with Crippen LogP contribution >= 0.6 is 0 Å². The van der Waals surface area contributed by atoms with E-state index in [1.165, 1.54) is 5.56 Å². The Morgan fingerprint density at radius 2 is 1.82 bits per heavy atom. The van der Waals surface area contributed by atoms with Gasteiger partial charge in [0.15, 0.2) is 11.5 Å². The maximum absolute atomic E-state index is 13.0. The van der Waals surface area contributed by atoms with Gasteiger partial charge in [0, 0.05) is 25.3 Å². The van der Waals surface area contributed by atoms with Crippen molar-refractivity contribution >= 4 is 11.7 Å². The number of hydrogen-bond acceptors (Lipinski definition) is 5. The van der Waals surface area contributed by atoms with Crippen LogP contribution in [0.2, 0.25) is 0 Å². The molecule has 1 fully saturated rings. The van der Waals surface area contributed by atoms with Gasteiger partial charge < -0.3 is 19.5 Å². The summed E-state index contributed by atoms with van der Waals surface area (Å²) < 4.78 is 10.9. The van der Waals surface area contributed by atoms with Crippen LogP contribution in [0.4, 0.5) is 0 Å². The van der Waals surface area contributed by atoms with E-state index >= 15 is 0 Å². The van der Waals surface area contributed by atoms with Crippen molar-refractivity contribution in [3.63, 3.8) is 0 Å². The monoisotopic (exact) mass is 527 g/mol. The summed E-state index contributed by atoms with van der Waals surface area (Å²) in [6.07, 6.45) is 15.6. The average molecular weight is 528 g/mol. The zero-order valence-corrected chi connectivity index (χ0v) is 24.0. The average Bonchev–Trinajstić information content (AvgIpc) is 3.27. The minimum absolute atomic E-state index is 0.0228. The van der Waals surface area contributed by atoms with E-state index in [9.17, 15) is 14.7 Å². The molecular formula is C32H49NO5. The molecule has 4 unspecified atom stereocenters. The van der Waals surface area contributed by atoms with E-state index in [4.69, 9.17) is 9.47 Å². The highest BCUT2D eigenvalue weighted by atomic mass is 16.5. The van der Waals surface area contributed by atoms with Gasteiger partial charge >= 0.3 is 0 Å². The quantitative estimate of drug-likeness (QED) is 0.206. The van der Waals surface area contributed by atoms with Gasteiger partial charge in [0.1, 0.15) is 5.78 Å². The number of aliphatic hydroxyl groups is 1. The molecule has 0 spiro atoms. The van der Waals surface area contributed by atoms with Crippen molar-refractivity contribution < 1.29 is 24.2 Å². The number of amides is 1. The number of unbranched alkanes of at least 4 members (excludes halogenated alkanes) is 5. The van der Waals surface area contributed by atoms with Crippen LogP contribution in [-0.2, 0) is 16.0 Å². The summed E-state index contributed by atoms with van der Waals surface area (Å²) in [5, 5.41) is 10.2. The molecule has 0 aromatic heterocycles. The van der Waals surface area contributed by atoms with Crippen molar-refractivity contribution in [1.29, 1.82) is 0 Å². The molecule has 2 aliphatic rings.